The molecule has 0 radical (unpaired) electrons. The van der Waals surface area contributed by atoms with Gasteiger partial charge in [-0.1, -0.05) is 31.4 Å². The number of carbonyl (C=O) groups is 1. The maximum absolute atomic E-state index is 11.0. The van der Waals surface area contributed by atoms with Crippen LogP contribution in [0.4, 0.5) is 0 Å². The van der Waals surface area contributed by atoms with Crippen LogP contribution in [0.15, 0.2) is 37.0 Å². The van der Waals surface area contributed by atoms with Crippen LogP contribution in [0.1, 0.15) is 20.3 Å². The molecule has 0 heterocycles. The van der Waals surface area contributed by atoms with Gasteiger partial charge in [0.2, 0.25) is 0 Å². The zero-order valence-electron chi connectivity index (χ0n) is 8.25. The van der Waals surface area contributed by atoms with Gasteiger partial charge < -0.3 is 4.74 Å². The smallest absolute Gasteiger partial charge is 0.333 e. The second-order valence-corrected chi connectivity index (χ2v) is 2.90. The molecule has 0 aromatic carbocycles. The average molecular weight is 180 g/mol. The maximum atomic E-state index is 11.0. The highest BCUT2D eigenvalue weighted by Crippen LogP contribution is 2.02. The Morgan fingerprint density at radius 3 is 2.69 bits per heavy atom. The molecule has 0 saturated carbocycles. The largest absolute Gasteiger partial charge is 0.459 e. The van der Waals surface area contributed by atoms with Crippen molar-refractivity contribution >= 4 is 5.97 Å². The molecular formula is C11H16O2. The lowest BCUT2D eigenvalue weighted by molar-refractivity contribution is -0.143. The molecule has 0 aromatic rings. The SMILES string of the molecule is C=C/C=C/C[C@H](C)OC(=O)C(=C)C. The fraction of sp³-hybridized carbons (Fsp3) is 0.364. The van der Waals surface area contributed by atoms with Crippen molar-refractivity contribution in [1.82, 2.24) is 0 Å². The topological polar surface area (TPSA) is 26.3 Å². The van der Waals surface area contributed by atoms with E-state index in [9.17, 15) is 4.79 Å². The minimum atomic E-state index is -0.334. The minimum absolute atomic E-state index is 0.111. The van der Waals surface area contributed by atoms with E-state index in [4.69, 9.17) is 4.74 Å². The highest BCUT2D eigenvalue weighted by molar-refractivity contribution is 5.87. The van der Waals surface area contributed by atoms with Gasteiger partial charge in [-0.3, -0.25) is 0 Å². The van der Waals surface area contributed by atoms with E-state index in [0.717, 1.165) is 0 Å². The van der Waals surface area contributed by atoms with Crippen molar-refractivity contribution in [2.75, 3.05) is 0 Å². The molecule has 0 spiro atoms. The van der Waals surface area contributed by atoms with E-state index < -0.39 is 0 Å². The molecular weight excluding hydrogens is 164 g/mol. The fourth-order valence-corrected chi connectivity index (χ4v) is 0.698. The highest BCUT2D eigenvalue weighted by atomic mass is 16.5. The monoisotopic (exact) mass is 180 g/mol. The van der Waals surface area contributed by atoms with Gasteiger partial charge in [0.1, 0.15) is 6.10 Å². The van der Waals surface area contributed by atoms with Gasteiger partial charge in [-0.2, -0.15) is 0 Å². The normalized spacial score (nSPS) is 12.5. The summed E-state index contributed by atoms with van der Waals surface area (Å²) in [7, 11) is 0. The Hall–Kier alpha value is -1.31. The average Bonchev–Trinajstić information content (AvgIpc) is 2.04. The zero-order valence-corrected chi connectivity index (χ0v) is 8.25. The van der Waals surface area contributed by atoms with E-state index >= 15 is 0 Å². The molecule has 0 fully saturated rings. The summed E-state index contributed by atoms with van der Waals surface area (Å²) in [5, 5.41) is 0. The van der Waals surface area contributed by atoms with Crippen molar-refractivity contribution in [2.45, 2.75) is 26.4 Å². The van der Waals surface area contributed by atoms with Crippen LogP contribution >= 0.6 is 0 Å². The van der Waals surface area contributed by atoms with Crippen molar-refractivity contribution in [3.8, 4) is 0 Å². The van der Waals surface area contributed by atoms with E-state index in [1.165, 1.54) is 0 Å². The summed E-state index contributed by atoms with van der Waals surface area (Å²) in [6, 6.07) is 0. The quantitative estimate of drug-likeness (QED) is 0.369. The number of ether oxygens (including phenoxy) is 1. The highest BCUT2D eigenvalue weighted by Gasteiger charge is 2.07. The van der Waals surface area contributed by atoms with Crippen LogP contribution in [-0.2, 0) is 9.53 Å². The van der Waals surface area contributed by atoms with Gasteiger partial charge in [-0.25, -0.2) is 4.79 Å². The predicted octanol–water partition coefficient (Wildman–Crippen LogP) is 2.63. The van der Waals surface area contributed by atoms with E-state index in [2.05, 4.69) is 13.2 Å². The van der Waals surface area contributed by atoms with Crippen LogP contribution in [0.25, 0.3) is 0 Å². The molecule has 72 valence electrons. The molecule has 0 unspecified atom stereocenters. The third-order valence-electron chi connectivity index (χ3n) is 1.40. The molecule has 0 bridgehead atoms. The maximum Gasteiger partial charge on any atom is 0.333 e. The van der Waals surface area contributed by atoms with E-state index in [-0.39, 0.29) is 12.1 Å². The van der Waals surface area contributed by atoms with Crippen molar-refractivity contribution in [2.24, 2.45) is 0 Å². The Kier molecular flexibility index (Phi) is 5.60. The number of allylic oxidation sites excluding steroid dienone is 2. The summed E-state index contributed by atoms with van der Waals surface area (Å²) < 4.78 is 5.03. The number of hydrogen-bond donors (Lipinski definition) is 0. The summed E-state index contributed by atoms with van der Waals surface area (Å²) >= 11 is 0. The van der Waals surface area contributed by atoms with Crippen LogP contribution in [0.2, 0.25) is 0 Å². The minimum Gasteiger partial charge on any atom is -0.459 e. The molecule has 0 aliphatic rings. The van der Waals surface area contributed by atoms with Crippen molar-refractivity contribution in [1.29, 1.82) is 0 Å². The summed E-state index contributed by atoms with van der Waals surface area (Å²) in [4.78, 5) is 11.0. The Morgan fingerprint density at radius 2 is 2.23 bits per heavy atom. The Morgan fingerprint density at radius 1 is 1.62 bits per heavy atom. The van der Waals surface area contributed by atoms with Crippen LogP contribution in [-0.4, -0.2) is 12.1 Å². The first-order valence-electron chi connectivity index (χ1n) is 4.22. The number of rotatable bonds is 5. The Balaban J connectivity index is 3.80. The lowest BCUT2D eigenvalue weighted by atomic mass is 10.2. The van der Waals surface area contributed by atoms with Crippen molar-refractivity contribution < 1.29 is 9.53 Å². The first-order valence-corrected chi connectivity index (χ1v) is 4.22. The first-order chi connectivity index (χ1) is 6.07. The third kappa shape index (κ3) is 5.91. The second-order valence-electron chi connectivity index (χ2n) is 2.90. The van der Waals surface area contributed by atoms with Gasteiger partial charge in [-0.15, -0.1) is 0 Å². The summed E-state index contributed by atoms with van der Waals surface area (Å²) in [5.41, 5.74) is 0.430. The molecule has 0 aliphatic carbocycles. The molecule has 0 saturated heterocycles. The molecule has 13 heavy (non-hydrogen) atoms. The van der Waals surface area contributed by atoms with Crippen LogP contribution < -0.4 is 0 Å². The summed E-state index contributed by atoms with van der Waals surface area (Å²) in [6.07, 6.45) is 6.01. The summed E-state index contributed by atoms with van der Waals surface area (Å²) in [5.74, 6) is -0.334. The number of esters is 1. The molecule has 0 amide bonds. The predicted molar refractivity (Wildman–Crippen MR) is 54.3 cm³/mol. The lowest BCUT2D eigenvalue weighted by Crippen LogP contribution is -2.14. The van der Waals surface area contributed by atoms with Gasteiger partial charge in [0.25, 0.3) is 0 Å². The van der Waals surface area contributed by atoms with Crippen LogP contribution in [0.3, 0.4) is 0 Å². The zero-order chi connectivity index (χ0) is 10.3. The molecule has 0 aliphatic heterocycles. The van der Waals surface area contributed by atoms with Gasteiger partial charge >= 0.3 is 5.97 Å². The molecule has 0 aromatic heterocycles. The number of carbonyl (C=O) groups excluding carboxylic acids is 1. The Bertz CT molecular complexity index is 226. The van der Waals surface area contributed by atoms with Crippen LogP contribution in [0.5, 0.6) is 0 Å². The summed E-state index contributed by atoms with van der Waals surface area (Å²) in [6.45, 7) is 10.5. The second kappa shape index (κ2) is 6.23. The first kappa shape index (κ1) is 11.7. The van der Waals surface area contributed by atoms with E-state index in [0.29, 0.717) is 12.0 Å². The molecule has 1 atom stereocenters. The van der Waals surface area contributed by atoms with Gasteiger partial charge in [-0.05, 0) is 13.8 Å². The number of hydrogen-bond acceptors (Lipinski definition) is 2. The lowest BCUT2D eigenvalue weighted by Gasteiger charge is -2.10. The molecule has 0 rings (SSSR count). The fourth-order valence-electron chi connectivity index (χ4n) is 0.698. The van der Waals surface area contributed by atoms with E-state index in [1.807, 2.05) is 19.1 Å². The Labute approximate surface area is 79.6 Å². The van der Waals surface area contributed by atoms with Crippen molar-refractivity contribution in [3.05, 3.63) is 37.0 Å². The van der Waals surface area contributed by atoms with Gasteiger partial charge in [0.15, 0.2) is 0 Å². The third-order valence-corrected chi connectivity index (χ3v) is 1.40. The van der Waals surface area contributed by atoms with Crippen LogP contribution in [0, 0.1) is 0 Å². The standard InChI is InChI=1S/C11H16O2/c1-5-6-7-8-10(4)13-11(12)9(2)3/h5-7,10H,1-2,8H2,3-4H3/b7-6+/t10-/m0/s1. The van der Waals surface area contributed by atoms with Gasteiger partial charge in [0, 0.05) is 12.0 Å². The van der Waals surface area contributed by atoms with Gasteiger partial charge in [0.05, 0.1) is 0 Å². The van der Waals surface area contributed by atoms with Crippen molar-refractivity contribution in [3.63, 3.8) is 0 Å². The molecule has 0 N–H and O–H groups in total. The van der Waals surface area contributed by atoms with E-state index in [1.54, 1.807) is 13.0 Å². The molecule has 2 heteroatoms. The molecule has 2 nitrogen and oxygen atoms in total.